The zero-order valence-electron chi connectivity index (χ0n) is 13.7. The highest BCUT2D eigenvalue weighted by Gasteiger charge is 2.36. The summed E-state index contributed by atoms with van der Waals surface area (Å²) in [6.45, 7) is 0. The Morgan fingerprint density at radius 3 is 1.44 bits per heavy atom. The van der Waals surface area contributed by atoms with Crippen molar-refractivity contribution >= 4 is 33.7 Å². The normalized spacial score (nSPS) is 16.5. The second-order valence-electron chi connectivity index (χ2n) is 5.84. The molecule has 1 heterocycles. The maximum Gasteiger partial charge on any atom is 0.223 e. The van der Waals surface area contributed by atoms with Crippen LogP contribution in [0, 0.1) is 0 Å². The van der Waals surface area contributed by atoms with E-state index < -0.39 is 30.2 Å². The van der Waals surface area contributed by atoms with Crippen molar-refractivity contribution in [2.45, 2.75) is 29.1 Å². The Labute approximate surface area is 151 Å². The molecule has 0 N–H and O–H groups in total. The Bertz CT molecular complexity index is 898. The van der Waals surface area contributed by atoms with Crippen LogP contribution in [-0.4, -0.2) is 31.9 Å². The summed E-state index contributed by atoms with van der Waals surface area (Å²) in [5.41, 5.74) is 0. The molecule has 2 aromatic carbocycles. The third-order valence-corrected chi connectivity index (χ3v) is 12.8. The van der Waals surface area contributed by atoms with Crippen LogP contribution in [0.1, 0.15) is 19.3 Å². The highest BCUT2D eigenvalue weighted by molar-refractivity contribution is 8.48. The highest BCUT2D eigenvalue weighted by Crippen LogP contribution is 2.34. The Hall–Kier alpha value is -1.44. The lowest BCUT2D eigenvalue weighted by molar-refractivity contribution is 0.603. The minimum atomic E-state index is -4.07. The highest BCUT2D eigenvalue weighted by atomic mass is 32.3. The van der Waals surface area contributed by atoms with E-state index in [1.165, 1.54) is 24.3 Å². The van der Waals surface area contributed by atoms with Crippen LogP contribution < -0.4 is 0 Å². The summed E-state index contributed by atoms with van der Waals surface area (Å²) >= 11 is 0. The molecule has 0 amide bonds. The first-order chi connectivity index (χ1) is 11.9. The van der Waals surface area contributed by atoms with E-state index in [4.69, 9.17) is 0 Å². The Balaban J connectivity index is 2.26. The van der Waals surface area contributed by atoms with Crippen molar-refractivity contribution in [3.63, 3.8) is 0 Å². The number of hydrogen-bond donors (Lipinski definition) is 0. The molecule has 7 heteroatoms. The SMILES string of the molecule is O=S(=O)(C(=S1CCCCC1)S(=O)(=O)c1ccccc1)c1ccccc1. The number of hydrogen-bond acceptors (Lipinski definition) is 4. The first kappa shape index (κ1) is 18.4. The first-order valence-corrected chi connectivity index (χ1v) is 12.6. The summed E-state index contributed by atoms with van der Waals surface area (Å²) in [7, 11) is -8.91. The minimum absolute atomic E-state index is 0.0441. The van der Waals surface area contributed by atoms with E-state index in [0.29, 0.717) is 11.5 Å². The number of rotatable bonds is 2. The predicted octanol–water partition coefficient (Wildman–Crippen LogP) is 3.47. The van der Waals surface area contributed by atoms with Gasteiger partial charge in [-0.25, -0.2) is 16.8 Å². The molecule has 2 aromatic rings. The van der Waals surface area contributed by atoms with Crippen LogP contribution >= 0.6 is 10.5 Å². The van der Waals surface area contributed by atoms with Crippen LogP contribution in [0.15, 0.2) is 70.5 Å². The summed E-state index contributed by atoms with van der Waals surface area (Å²) in [6.07, 6.45) is 2.75. The van der Waals surface area contributed by atoms with E-state index in [1.807, 2.05) is 0 Å². The number of sulfone groups is 2. The lowest BCUT2D eigenvalue weighted by atomic mass is 10.3. The lowest BCUT2D eigenvalue weighted by Crippen LogP contribution is -2.27. The van der Waals surface area contributed by atoms with Crippen LogP contribution in [0.5, 0.6) is 0 Å². The zero-order chi connectivity index (χ0) is 17.9. The van der Waals surface area contributed by atoms with Crippen molar-refractivity contribution < 1.29 is 16.8 Å². The quantitative estimate of drug-likeness (QED) is 0.729. The molecule has 0 unspecified atom stereocenters. The van der Waals surface area contributed by atoms with Gasteiger partial charge in [0, 0.05) is 0 Å². The molecule has 0 aliphatic carbocycles. The van der Waals surface area contributed by atoms with Crippen LogP contribution in [0.3, 0.4) is 0 Å². The third kappa shape index (κ3) is 3.73. The molecule has 0 atom stereocenters. The predicted molar refractivity (Wildman–Crippen MR) is 103 cm³/mol. The summed E-state index contributed by atoms with van der Waals surface area (Å²) in [6, 6.07) is 15.7. The molecular formula is C18H20O4S3. The van der Waals surface area contributed by atoms with Crippen molar-refractivity contribution in [1.29, 1.82) is 0 Å². The molecule has 0 saturated carbocycles. The van der Waals surface area contributed by atoms with Crippen LogP contribution in [0.25, 0.3) is 0 Å². The molecule has 1 aliphatic heterocycles. The summed E-state index contributed by atoms with van der Waals surface area (Å²) < 4.78 is 52.7. The van der Waals surface area contributed by atoms with E-state index in [2.05, 4.69) is 0 Å². The fourth-order valence-electron chi connectivity index (χ4n) is 2.84. The van der Waals surface area contributed by atoms with E-state index in [-0.39, 0.29) is 13.3 Å². The zero-order valence-corrected chi connectivity index (χ0v) is 16.1. The molecular weight excluding hydrogens is 376 g/mol. The molecule has 3 rings (SSSR count). The standard InChI is InChI=1S/C18H20O4S3/c19-24(20,16-10-4-1-5-11-16)18(23-14-8-3-9-15-23)25(21,22)17-12-6-2-7-13-17/h1-2,4-7,10-13H,3,8-9,14-15H2. The number of benzene rings is 2. The van der Waals surface area contributed by atoms with Crippen molar-refractivity contribution in [2.24, 2.45) is 0 Å². The molecule has 1 aliphatic rings. The first-order valence-electron chi connectivity index (χ1n) is 8.09. The van der Waals surface area contributed by atoms with Crippen molar-refractivity contribution in [1.82, 2.24) is 0 Å². The Morgan fingerprint density at radius 1 is 0.640 bits per heavy atom. The molecule has 0 radical (unpaired) electrons. The molecule has 4 nitrogen and oxygen atoms in total. The van der Waals surface area contributed by atoms with Crippen LogP contribution in [0.2, 0.25) is 0 Å². The fourth-order valence-corrected chi connectivity index (χ4v) is 11.7. The van der Waals surface area contributed by atoms with Gasteiger partial charge in [0.15, 0.2) is 3.53 Å². The van der Waals surface area contributed by atoms with Gasteiger partial charge in [-0.3, -0.25) is 0 Å². The minimum Gasteiger partial charge on any atom is -0.217 e. The van der Waals surface area contributed by atoms with Gasteiger partial charge in [-0.1, -0.05) is 42.8 Å². The average Bonchev–Trinajstić information content (AvgIpc) is 2.64. The maximum absolute atomic E-state index is 13.2. The molecule has 134 valence electrons. The van der Waals surface area contributed by atoms with E-state index in [1.54, 1.807) is 36.4 Å². The summed E-state index contributed by atoms with van der Waals surface area (Å²) in [5, 5.41) is 0. The van der Waals surface area contributed by atoms with Crippen molar-refractivity contribution in [3.05, 3.63) is 60.7 Å². The van der Waals surface area contributed by atoms with Crippen LogP contribution in [-0.2, 0) is 19.7 Å². The van der Waals surface area contributed by atoms with Gasteiger partial charge in [-0.05, 0) is 48.6 Å². The van der Waals surface area contributed by atoms with Gasteiger partial charge in [0.2, 0.25) is 19.7 Å². The second-order valence-corrected chi connectivity index (χ2v) is 12.6. The monoisotopic (exact) mass is 396 g/mol. The van der Waals surface area contributed by atoms with E-state index in [0.717, 1.165) is 19.3 Å². The molecule has 1 saturated heterocycles. The Kier molecular flexibility index (Phi) is 5.46. The second kappa shape index (κ2) is 7.43. The molecule has 25 heavy (non-hydrogen) atoms. The van der Waals surface area contributed by atoms with E-state index in [9.17, 15) is 16.8 Å². The third-order valence-electron chi connectivity index (χ3n) is 4.06. The molecule has 0 bridgehead atoms. The largest absolute Gasteiger partial charge is 0.223 e. The average molecular weight is 397 g/mol. The van der Waals surface area contributed by atoms with Gasteiger partial charge in [0.25, 0.3) is 0 Å². The molecule has 0 spiro atoms. The topological polar surface area (TPSA) is 68.3 Å². The van der Waals surface area contributed by atoms with Crippen molar-refractivity contribution in [2.75, 3.05) is 11.5 Å². The Morgan fingerprint density at radius 2 is 1.04 bits per heavy atom. The van der Waals surface area contributed by atoms with Gasteiger partial charge in [0.05, 0.1) is 9.79 Å². The molecule has 1 fully saturated rings. The smallest absolute Gasteiger partial charge is 0.217 e. The summed E-state index contributed by atoms with van der Waals surface area (Å²) in [5.74, 6) is 1.24. The van der Waals surface area contributed by atoms with Crippen LogP contribution in [0.4, 0.5) is 0 Å². The molecule has 0 aromatic heterocycles. The van der Waals surface area contributed by atoms with Gasteiger partial charge in [-0.2, -0.15) is 10.5 Å². The van der Waals surface area contributed by atoms with Gasteiger partial charge in [-0.15, -0.1) is 0 Å². The van der Waals surface area contributed by atoms with Crippen molar-refractivity contribution in [3.8, 4) is 0 Å². The lowest BCUT2D eigenvalue weighted by Gasteiger charge is -2.21. The van der Waals surface area contributed by atoms with E-state index >= 15 is 0 Å². The summed E-state index contributed by atoms with van der Waals surface area (Å²) in [4.78, 5) is 0.0881. The van der Waals surface area contributed by atoms with Gasteiger partial charge >= 0.3 is 0 Å². The maximum atomic E-state index is 13.2. The van der Waals surface area contributed by atoms with Gasteiger partial charge in [0.1, 0.15) is 0 Å². The van der Waals surface area contributed by atoms with Gasteiger partial charge < -0.3 is 0 Å². The fraction of sp³-hybridized carbons (Fsp3) is 0.278.